The van der Waals surface area contributed by atoms with Gasteiger partial charge in [-0.1, -0.05) is 6.92 Å². The molecule has 2 rings (SSSR count). The fraction of sp³-hybridized carbons (Fsp3) is 0.300. The van der Waals surface area contributed by atoms with Gasteiger partial charge in [-0.2, -0.15) is 4.72 Å². The normalized spacial score (nSPS) is 13.6. The van der Waals surface area contributed by atoms with Gasteiger partial charge in [0.15, 0.2) is 0 Å². The molecule has 0 bridgehead atoms. The highest BCUT2D eigenvalue weighted by Crippen LogP contribution is 2.24. The second-order valence-corrected chi connectivity index (χ2v) is 6.61. The van der Waals surface area contributed by atoms with Crippen molar-refractivity contribution in [2.45, 2.75) is 23.6 Å². The summed E-state index contributed by atoms with van der Waals surface area (Å²) in [6.07, 6.45) is 3.86. The molecule has 0 amide bonds. The zero-order chi connectivity index (χ0) is 13.2. The van der Waals surface area contributed by atoms with Gasteiger partial charge in [0, 0.05) is 23.5 Å². The molecule has 0 spiro atoms. The van der Waals surface area contributed by atoms with Crippen molar-refractivity contribution in [3.8, 4) is 0 Å². The fourth-order valence-corrected chi connectivity index (χ4v) is 3.90. The SMILES string of the molecule is CCC(NS(=O)(=O)c1cc(N)cs1)c1ncc[nH]1. The summed E-state index contributed by atoms with van der Waals surface area (Å²) in [4.78, 5) is 6.97. The van der Waals surface area contributed by atoms with Crippen molar-refractivity contribution in [1.29, 1.82) is 0 Å². The van der Waals surface area contributed by atoms with Gasteiger partial charge in [-0.05, 0) is 12.5 Å². The van der Waals surface area contributed by atoms with Crippen LogP contribution in [-0.4, -0.2) is 18.4 Å². The number of imidazole rings is 1. The number of nitrogens with zero attached hydrogens (tertiary/aromatic N) is 1. The van der Waals surface area contributed by atoms with E-state index in [1.165, 1.54) is 6.07 Å². The molecule has 4 N–H and O–H groups in total. The van der Waals surface area contributed by atoms with Crippen LogP contribution in [0.15, 0.2) is 28.0 Å². The smallest absolute Gasteiger partial charge is 0.250 e. The van der Waals surface area contributed by atoms with E-state index in [9.17, 15) is 8.42 Å². The van der Waals surface area contributed by atoms with E-state index in [0.29, 0.717) is 17.9 Å². The van der Waals surface area contributed by atoms with Gasteiger partial charge >= 0.3 is 0 Å². The summed E-state index contributed by atoms with van der Waals surface area (Å²) >= 11 is 1.10. The maximum Gasteiger partial charge on any atom is 0.250 e. The summed E-state index contributed by atoms with van der Waals surface area (Å²) < 4.78 is 27.0. The first kappa shape index (κ1) is 13.1. The first-order valence-electron chi connectivity index (χ1n) is 5.38. The van der Waals surface area contributed by atoms with E-state index in [-0.39, 0.29) is 10.3 Å². The van der Waals surface area contributed by atoms with Crippen LogP contribution in [0.25, 0.3) is 0 Å². The quantitative estimate of drug-likeness (QED) is 0.775. The van der Waals surface area contributed by atoms with Crippen LogP contribution in [0.4, 0.5) is 5.69 Å². The number of hydrogen-bond donors (Lipinski definition) is 3. The van der Waals surface area contributed by atoms with Gasteiger partial charge in [-0.3, -0.25) is 0 Å². The largest absolute Gasteiger partial charge is 0.398 e. The zero-order valence-corrected chi connectivity index (χ0v) is 11.4. The lowest BCUT2D eigenvalue weighted by molar-refractivity contribution is 0.541. The Morgan fingerprint density at radius 2 is 2.39 bits per heavy atom. The Kier molecular flexibility index (Phi) is 3.69. The van der Waals surface area contributed by atoms with E-state index in [1.54, 1.807) is 17.8 Å². The van der Waals surface area contributed by atoms with E-state index in [2.05, 4.69) is 14.7 Å². The summed E-state index contributed by atoms with van der Waals surface area (Å²) in [6.45, 7) is 1.89. The molecule has 0 aliphatic carbocycles. The number of H-pyrrole nitrogens is 1. The van der Waals surface area contributed by atoms with E-state index in [1.807, 2.05) is 6.92 Å². The van der Waals surface area contributed by atoms with Gasteiger partial charge in [-0.25, -0.2) is 13.4 Å². The summed E-state index contributed by atoms with van der Waals surface area (Å²) in [7, 11) is -3.55. The molecule has 0 aromatic carbocycles. The third-order valence-electron chi connectivity index (χ3n) is 2.42. The van der Waals surface area contributed by atoms with Gasteiger partial charge in [0.05, 0.1) is 6.04 Å². The summed E-state index contributed by atoms with van der Waals surface area (Å²) in [5, 5.41) is 1.60. The van der Waals surface area contributed by atoms with Crippen LogP contribution in [0.3, 0.4) is 0 Å². The number of hydrogen-bond acceptors (Lipinski definition) is 5. The second-order valence-electron chi connectivity index (χ2n) is 3.76. The predicted octanol–water partition coefficient (Wildman–Crippen LogP) is 1.48. The van der Waals surface area contributed by atoms with Crippen molar-refractivity contribution in [3.05, 3.63) is 29.7 Å². The zero-order valence-electron chi connectivity index (χ0n) is 9.75. The Morgan fingerprint density at radius 3 is 2.89 bits per heavy atom. The molecule has 1 unspecified atom stereocenters. The number of thiophene rings is 1. The maximum absolute atomic E-state index is 12.1. The first-order chi connectivity index (χ1) is 8.53. The van der Waals surface area contributed by atoms with Gasteiger partial charge < -0.3 is 10.7 Å². The Hall–Kier alpha value is -1.38. The number of sulfonamides is 1. The van der Waals surface area contributed by atoms with Crippen molar-refractivity contribution in [2.24, 2.45) is 0 Å². The maximum atomic E-state index is 12.1. The van der Waals surface area contributed by atoms with Gasteiger partial charge in [-0.15, -0.1) is 11.3 Å². The van der Waals surface area contributed by atoms with Crippen molar-refractivity contribution in [3.63, 3.8) is 0 Å². The third kappa shape index (κ3) is 2.71. The van der Waals surface area contributed by atoms with Crippen molar-refractivity contribution < 1.29 is 8.42 Å². The van der Waals surface area contributed by atoms with Crippen LogP contribution in [0.1, 0.15) is 25.2 Å². The number of nitrogens with one attached hydrogen (secondary N) is 2. The van der Waals surface area contributed by atoms with Crippen LogP contribution in [0.2, 0.25) is 0 Å². The Bertz CT molecular complexity index is 604. The molecule has 0 saturated heterocycles. The molecule has 0 radical (unpaired) electrons. The van der Waals surface area contributed by atoms with Crippen molar-refractivity contribution in [1.82, 2.24) is 14.7 Å². The highest BCUT2D eigenvalue weighted by molar-refractivity contribution is 7.91. The average molecular weight is 286 g/mol. The van der Waals surface area contributed by atoms with Crippen LogP contribution in [0.5, 0.6) is 0 Å². The van der Waals surface area contributed by atoms with E-state index >= 15 is 0 Å². The monoisotopic (exact) mass is 286 g/mol. The van der Waals surface area contributed by atoms with Crippen LogP contribution in [-0.2, 0) is 10.0 Å². The number of nitrogens with two attached hydrogens (primary N) is 1. The second kappa shape index (κ2) is 5.09. The molecule has 0 saturated carbocycles. The van der Waals surface area contributed by atoms with E-state index < -0.39 is 10.0 Å². The van der Waals surface area contributed by atoms with Gasteiger partial charge in [0.2, 0.25) is 0 Å². The van der Waals surface area contributed by atoms with Crippen LogP contribution < -0.4 is 10.5 Å². The Morgan fingerprint density at radius 1 is 1.61 bits per heavy atom. The van der Waals surface area contributed by atoms with Gasteiger partial charge in [0.1, 0.15) is 10.0 Å². The van der Waals surface area contributed by atoms with Crippen molar-refractivity contribution >= 4 is 27.0 Å². The fourth-order valence-electron chi connectivity index (χ4n) is 1.52. The average Bonchev–Trinajstić information content (AvgIpc) is 2.96. The minimum atomic E-state index is -3.55. The lowest BCUT2D eigenvalue weighted by Crippen LogP contribution is -2.28. The molecular formula is C10H14N4O2S2. The first-order valence-corrected chi connectivity index (χ1v) is 7.75. The van der Waals surface area contributed by atoms with Gasteiger partial charge in [0.25, 0.3) is 10.0 Å². The van der Waals surface area contributed by atoms with Crippen LogP contribution in [0, 0.1) is 0 Å². The number of rotatable bonds is 5. The third-order valence-corrected chi connectivity index (χ3v) is 5.35. The summed E-state index contributed by atoms with van der Waals surface area (Å²) in [5.74, 6) is 0.602. The highest BCUT2D eigenvalue weighted by Gasteiger charge is 2.22. The number of aromatic amines is 1. The molecule has 0 aliphatic heterocycles. The lowest BCUT2D eigenvalue weighted by Gasteiger charge is -2.13. The molecule has 0 fully saturated rings. The molecule has 8 heteroatoms. The summed E-state index contributed by atoms with van der Waals surface area (Å²) in [6, 6.07) is 1.08. The molecule has 2 heterocycles. The van der Waals surface area contributed by atoms with E-state index in [4.69, 9.17) is 5.73 Å². The highest BCUT2D eigenvalue weighted by atomic mass is 32.2. The molecular weight excluding hydrogens is 272 g/mol. The number of aromatic nitrogens is 2. The molecule has 1 atom stereocenters. The molecule has 18 heavy (non-hydrogen) atoms. The number of anilines is 1. The molecule has 6 nitrogen and oxygen atoms in total. The lowest BCUT2D eigenvalue weighted by atomic mass is 10.2. The Balaban J connectivity index is 2.22. The predicted molar refractivity (Wildman–Crippen MR) is 70.7 cm³/mol. The minimum absolute atomic E-state index is 0.213. The standard InChI is InChI=1S/C10H14N4O2S2/c1-2-8(10-12-3-4-13-10)14-18(15,16)9-5-7(11)6-17-9/h3-6,8,14H,2,11H2,1H3,(H,12,13). The molecule has 2 aromatic heterocycles. The number of nitrogen functional groups attached to an aromatic ring is 1. The Labute approximate surface area is 109 Å². The van der Waals surface area contributed by atoms with Crippen LogP contribution >= 0.6 is 11.3 Å². The molecule has 0 aliphatic rings. The topological polar surface area (TPSA) is 101 Å². The minimum Gasteiger partial charge on any atom is -0.398 e. The summed E-state index contributed by atoms with van der Waals surface area (Å²) in [5.41, 5.74) is 5.98. The molecule has 2 aromatic rings. The molecule has 98 valence electrons. The van der Waals surface area contributed by atoms with E-state index in [0.717, 1.165) is 11.3 Å². The van der Waals surface area contributed by atoms with Crippen molar-refractivity contribution in [2.75, 3.05) is 5.73 Å².